The van der Waals surface area contributed by atoms with E-state index >= 15 is 0 Å². The van der Waals surface area contributed by atoms with Crippen LogP contribution in [0.4, 0.5) is 0 Å². The molecule has 2 nitrogen and oxygen atoms in total. The topological polar surface area (TPSA) is 35.2 Å². The molecule has 1 aliphatic heterocycles. The first-order valence-electron chi connectivity index (χ1n) is 4.70. The summed E-state index contributed by atoms with van der Waals surface area (Å²) in [6.45, 7) is 3.58. The number of fused-ring (bicyclic) bond motifs is 1. The van der Waals surface area contributed by atoms with Crippen LogP contribution in [0.15, 0.2) is 18.2 Å². The van der Waals surface area contributed by atoms with Crippen molar-refractivity contribution in [3.8, 4) is 0 Å². The van der Waals surface area contributed by atoms with E-state index in [2.05, 4.69) is 25.1 Å². The van der Waals surface area contributed by atoms with Gasteiger partial charge in [-0.15, -0.1) is 0 Å². The fraction of sp³-hybridized carbons (Fsp3) is 0.455. The summed E-state index contributed by atoms with van der Waals surface area (Å²) in [7, 11) is 0. The van der Waals surface area contributed by atoms with Gasteiger partial charge in [0, 0.05) is 12.6 Å². The van der Waals surface area contributed by atoms with E-state index < -0.39 is 0 Å². The van der Waals surface area contributed by atoms with Crippen molar-refractivity contribution in [1.82, 2.24) is 0 Å². The Bertz CT molecular complexity index is 309. The molecular formula is C11H15NO. The molecule has 0 saturated carbocycles. The summed E-state index contributed by atoms with van der Waals surface area (Å²) in [5, 5.41) is 0. The fourth-order valence-electron chi connectivity index (χ4n) is 1.74. The summed E-state index contributed by atoms with van der Waals surface area (Å²) in [6, 6.07) is 6.56. The Morgan fingerprint density at radius 3 is 3.15 bits per heavy atom. The summed E-state index contributed by atoms with van der Waals surface area (Å²) in [5.41, 5.74) is 9.82. The van der Waals surface area contributed by atoms with Crippen molar-refractivity contribution in [3.63, 3.8) is 0 Å². The molecule has 1 heterocycles. The van der Waals surface area contributed by atoms with E-state index in [-0.39, 0.29) is 6.04 Å². The molecule has 1 aromatic carbocycles. The number of benzene rings is 1. The van der Waals surface area contributed by atoms with E-state index in [4.69, 9.17) is 10.5 Å². The van der Waals surface area contributed by atoms with Crippen LogP contribution in [-0.2, 0) is 11.3 Å². The van der Waals surface area contributed by atoms with E-state index in [0.29, 0.717) is 6.61 Å². The molecule has 0 aromatic heterocycles. The van der Waals surface area contributed by atoms with Gasteiger partial charge in [0.1, 0.15) is 0 Å². The van der Waals surface area contributed by atoms with Crippen LogP contribution in [0, 0.1) is 6.92 Å². The van der Waals surface area contributed by atoms with Crippen LogP contribution in [0.2, 0.25) is 0 Å². The summed E-state index contributed by atoms with van der Waals surface area (Å²) in [4.78, 5) is 0. The zero-order valence-corrected chi connectivity index (χ0v) is 7.92. The molecule has 0 saturated heterocycles. The van der Waals surface area contributed by atoms with Gasteiger partial charge in [-0.3, -0.25) is 0 Å². The molecule has 1 aliphatic rings. The first-order chi connectivity index (χ1) is 6.27. The van der Waals surface area contributed by atoms with Crippen LogP contribution < -0.4 is 5.73 Å². The maximum absolute atomic E-state index is 6.04. The average molecular weight is 177 g/mol. The monoisotopic (exact) mass is 177 g/mol. The second-order valence-electron chi connectivity index (χ2n) is 3.65. The molecule has 70 valence electrons. The molecule has 0 radical (unpaired) electrons. The van der Waals surface area contributed by atoms with Gasteiger partial charge in [0.2, 0.25) is 0 Å². The first-order valence-corrected chi connectivity index (χ1v) is 4.70. The number of hydrogen-bond donors (Lipinski definition) is 1. The Morgan fingerprint density at radius 2 is 2.31 bits per heavy atom. The zero-order chi connectivity index (χ0) is 9.26. The zero-order valence-electron chi connectivity index (χ0n) is 7.92. The smallest absolute Gasteiger partial charge is 0.0720 e. The number of ether oxygens (including phenoxy) is 1. The van der Waals surface area contributed by atoms with Crippen molar-refractivity contribution in [1.29, 1.82) is 0 Å². The van der Waals surface area contributed by atoms with E-state index in [1.54, 1.807) is 0 Å². The van der Waals surface area contributed by atoms with Crippen molar-refractivity contribution in [2.45, 2.75) is 26.0 Å². The Labute approximate surface area is 78.7 Å². The molecule has 1 atom stereocenters. The lowest BCUT2D eigenvalue weighted by molar-refractivity contribution is 0.122. The summed E-state index contributed by atoms with van der Waals surface area (Å²) < 4.78 is 5.45. The maximum Gasteiger partial charge on any atom is 0.0720 e. The van der Waals surface area contributed by atoms with E-state index in [9.17, 15) is 0 Å². The number of rotatable bonds is 0. The van der Waals surface area contributed by atoms with Gasteiger partial charge in [-0.05, 0) is 24.5 Å². The minimum absolute atomic E-state index is 0.150. The van der Waals surface area contributed by atoms with Gasteiger partial charge in [0.15, 0.2) is 0 Å². The lowest BCUT2D eigenvalue weighted by Gasteiger charge is -2.11. The van der Waals surface area contributed by atoms with Crippen molar-refractivity contribution in [2.75, 3.05) is 6.61 Å². The van der Waals surface area contributed by atoms with Crippen molar-refractivity contribution in [2.24, 2.45) is 5.73 Å². The van der Waals surface area contributed by atoms with Gasteiger partial charge >= 0.3 is 0 Å². The highest BCUT2D eigenvalue weighted by molar-refractivity contribution is 5.33. The van der Waals surface area contributed by atoms with Crippen LogP contribution in [0.3, 0.4) is 0 Å². The van der Waals surface area contributed by atoms with Gasteiger partial charge < -0.3 is 10.5 Å². The Hall–Kier alpha value is -0.860. The second-order valence-corrected chi connectivity index (χ2v) is 3.65. The minimum Gasteiger partial charge on any atom is -0.377 e. The number of aryl methyl sites for hydroxylation is 1. The Balaban J connectivity index is 2.43. The molecule has 1 aromatic rings. The SMILES string of the molecule is Cc1ccc2c(c1)C(N)CCOC2. The molecule has 13 heavy (non-hydrogen) atoms. The third kappa shape index (κ3) is 1.74. The number of hydrogen-bond acceptors (Lipinski definition) is 2. The van der Waals surface area contributed by atoms with Crippen LogP contribution in [0.1, 0.15) is 29.2 Å². The van der Waals surface area contributed by atoms with E-state index in [1.807, 2.05) is 0 Å². The predicted molar refractivity (Wildman–Crippen MR) is 52.4 cm³/mol. The van der Waals surface area contributed by atoms with Gasteiger partial charge in [0.05, 0.1) is 6.61 Å². The molecule has 0 fully saturated rings. The second kappa shape index (κ2) is 3.48. The van der Waals surface area contributed by atoms with Crippen molar-refractivity contribution >= 4 is 0 Å². The molecule has 1 unspecified atom stereocenters. The standard InChI is InChI=1S/C11H15NO/c1-8-2-3-9-7-13-5-4-11(12)10(9)6-8/h2-3,6,11H,4-5,7,12H2,1H3. The molecule has 2 N–H and O–H groups in total. The highest BCUT2D eigenvalue weighted by Crippen LogP contribution is 2.24. The highest BCUT2D eigenvalue weighted by atomic mass is 16.5. The lowest BCUT2D eigenvalue weighted by Crippen LogP contribution is -2.11. The Morgan fingerprint density at radius 1 is 1.46 bits per heavy atom. The first kappa shape index (κ1) is 8.73. The summed E-state index contributed by atoms with van der Waals surface area (Å²) in [5.74, 6) is 0. The van der Waals surface area contributed by atoms with E-state index in [0.717, 1.165) is 13.0 Å². The van der Waals surface area contributed by atoms with E-state index in [1.165, 1.54) is 16.7 Å². The fourth-order valence-corrected chi connectivity index (χ4v) is 1.74. The average Bonchev–Trinajstić information content (AvgIpc) is 2.29. The van der Waals surface area contributed by atoms with Gasteiger partial charge in [-0.1, -0.05) is 23.8 Å². The molecule has 0 spiro atoms. The lowest BCUT2D eigenvalue weighted by atomic mass is 9.98. The molecule has 0 amide bonds. The van der Waals surface area contributed by atoms with Gasteiger partial charge in [-0.25, -0.2) is 0 Å². The third-order valence-electron chi connectivity index (χ3n) is 2.53. The van der Waals surface area contributed by atoms with Crippen molar-refractivity contribution < 1.29 is 4.74 Å². The Kier molecular flexibility index (Phi) is 2.34. The third-order valence-corrected chi connectivity index (χ3v) is 2.53. The van der Waals surface area contributed by atoms with Crippen LogP contribution in [0.25, 0.3) is 0 Å². The van der Waals surface area contributed by atoms with Crippen molar-refractivity contribution in [3.05, 3.63) is 34.9 Å². The van der Waals surface area contributed by atoms with Crippen LogP contribution >= 0.6 is 0 Å². The van der Waals surface area contributed by atoms with Crippen LogP contribution in [0.5, 0.6) is 0 Å². The molecule has 2 rings (SSSR count). The van der Waals surface area contributed by atoms with Gasteiger partial charge in [-0.2, -0.15) is 0 Å². The number of nitrogens with two attached hydrogens (primary N) is 1. The molecular weight excluding hydrogens is 162 g/mol. The molecule has 2 heteroatoms. The quantitative estimate of drug-likeness (QED) is 0.657. The predicted octanol–water partition coefficient (Wildman–Crippen LogP) is 1.92. The largest absolute Gasteiger partial charge is 0.377 e. The molecule has 0 aliphatic carbocycles. The normalized spacial score (nSPS) is 22.2. The van der Waals surface area contributed by atoms with Gasteiger partial charge in [0.25, 0.3) is 0 Å². The van der Waals surface area contributed by atoms with Crippen LogP contribution in [-0.4, -0.2) is 6.61 Å². The summed E-state index contributed by atoms with van der Waals surface area (Å²) in [6.07, 6.45) is 0.927. The highest BCUT2D eigenvalue weighted by Gasteiger charge is 2.14. The minimum atomic E-state index is 0.150. The molecule has 0 bridgehead atoms. The summed E-state index contributed by atoms with van der Waals surface area (Å²) >= 11 is 0. The maximum atomic E-state index is 6.04.